The Morgan fingerprint density at radius 2 is 1.82 bits per heavy atom. The van der Waals surface area contributed by atoms with Crippen molar-refractivity contribution in [2.24, 2.45) is 0 Å². The van der Waals surface area contributed by atoms with Crippen molar-refractivity contribution in [3.8, 4) is 5.82 Å². The van der Waals surface area contributed by atoms with Gasteiger partial charge in [-0.1, -0.05) is 30.3 Å². The molecule has 0 radical (unpaired) electrons. The van der Waals surface area contributed by atoms with Crippen molar-refractivity contribution in [3.63, 3.8) is 0 Å². The number of benzene rings is 1. The molecular weight excluding hydrogens is 354 g/mol. The van der Waals surface area contributed by atoms with Gasteiger partial charge in [-0.3, -0.25) is 9.59 Å². The van der Waals surface area contributed by atoms with Gasteiger partial charge in [0.25, 0.3) is 5.56 Å². The molecule has 0 saturated heterocycles. The van der Waals surface area contributed by atoms with Gasteiger partial charge in [0.1, 0.15) is 6.04 Å². The Labute approximate surface area is 164 Å². The SMILES string of the molecule is CCN(Cc1ccccc1)C(=O)C(C)n1nc(-n2nc(C)cc2C)ccc1=O. The van der Waals surface area contributed by atoms with Crippen molar-refractivity contribution in [1.29, 1.82) is 0 Å². The molecule has 0 aliphatic heterocycles. The van der Waals surface area contributed by atoms with Gasteiger partial charge in [0.2, 0.25) is 5.91 Å². The van der Waals surface area contributed by atoms with E-state index in [0.29, 0.717) is 18.9 Å². The molecule has 0 spiro atoms. The fourth-order valence-corrected chi connectivity index (χ4v) is 3.18. The van der Waals surface area contributed by atoms with Gasteiger partial charge < -0.3 is 4.90 Å². The number of amides is 1. The van der Waals surface area contributed by atoms with Crippen molar-refractivity contribution in [3.05, 3.63) is 75.8 Å². The fourth-order valence-electron chi connectivity index (χ4n) is 3.18. The molecule has 0 bridgehead atoms. The summed E-state index contributed by atoms with van der Waals surface area (Å²) in [5.74, 6) is 0.363. The first kappa shape index (κ1) is 19.5. The molecule has 7 heteroatoms. The van der Waals surface area contributed by atoms with Crippen molar-refractivity contribution in [2.45, 2.75) is 40.3 Å². The molecule has 3 aromatic rings. The molecule has 1 atom stereocenters. The van der Waals surface area contributed by atoms with Gasteiger partial charge >= 0.3 is 0 Å². The Morgan fingerprint density at radius 3 is 2.43 bits per heavy atom. The third-order valence-electron chi connectivity index (χ3n) is 4.67. The molecule has 1 aromatic carbocycles. The summed E-state index contributed by atoms with van der Waals surface area (Å²) < 4.78 is 2.91. The minimum atomic E-state index is -0.715. The van der Waals surface area contributed by atoms with Gasteiger partial charge in [-0.2, -0.15) is 5.10 Å². The molecule has 1 unspecified atom stereocenters. The number of likely N-dealkylation sites (N-methyl/N-ethyl adjacent to an activating group) is 1. The van der Waals surface area contributed by atoms with Gasteiger partial charge in [0.05, 0.1) is 5.69 Å². The predicted molar refractivity (Wildman–Crippen MR) is 107 cm³/mol. The highest BCUT2D eigenvalue weighted by molar-refractivity contribution is 5.80. The molecule has 2 aromatic heterocycles. The number of carbonyl (C=O) groups excluding carboxylic acids is 1. The summed E-state index contributed by atoms with van der Waals surface area (Å²) >= 11 is 0. The number of hydrogen-bond donors (Lipinski definition) is 0. The lowest BCUT2D eigenvalue weighted by Crippen LogP contribution is -2.40. The van der Waals surface area contributed by atoms with Crippen molar-refractivity contribution >= 4 is 5.91 Å². The number of rotatable bonds is 6. The van der Waals surface area contributed by atoms with Crippen LogP contribution >= 0.6 is 0 Å². The molecular formula is C21H25N5O2. The summed E-state index contributed by atoms with van der Waals surface area (Å²) in [6.07, 6.45) is 0. The molecule has 0 aliphatic rings. The van der Waals surface area contributed by atoms with E-state index >= 15 is 0 Å². The van der Waals surface area contributed by atoms with Gasteiger partial charge in [-0.15, -0.1) is 5.10 Å². The lowest BCUT2D eigenvalue weighted by atomic mass is 10.2. The van der Waals surface area contributed by atoms with Crippen LogP contribution in [0, 0.1) is 13.8 Å². The smallest absolute Gasteiger partial charge is 0.267 e. The van der Waals surface area contributed by atoms with Crippen LogP contribution < -0.4 is 5.56 Å². The van der Waals surface area contributed by atoms with Crippen LogP contribution in [0.15, 0.2) is 53.3 Å². The van der Waals surface area contributed by atoms with Crippen molar-refractivity contribution in [1.82, 2.24) is 24.5 Å². The molecule has 0 saturated carbocycles. The highest BCUT2D eigenvalue weighted by Crippen LogP contribution is 2.13. The van der Waals surface area contributed by atoms with Gasteiger partial charge in [0, 0.05) is 24.8 Å². The van der Waals surface area contributed by atoms with E-state index in [2.05, 4.69) is 10.2 Å². The van der Waals surface area contributed by atoms with E-state index in [4.69, 9.17) is 0 Å². The van der Waals surface area contributed by atoms with E-state index in [0.717, 1.165) is 17.0 Å². The van der Waals surface area contributed by atoms with Crippen molar-refractivity contribution < 1.29 is 4.79 Å². The lowest BCUT2D eigenvalue weighted by molar-refractivity contribution is -0.135. The number of aromatic nitrogens is 4. The van der Waals surface area contributed by atoms with Crippen LogP contribution in [0.3, 0.4) is 0 Å². The Hall–Kier alpha value is -3.22. The van der Waals surface area contributed by atoms with E-state index < -0.39 is 6.04 Å². The predicted octanol–water partition coefficient (Wildman–Crippen LogP) is 2.66. The standard InChI is InChI=1S/C21H25N5O2/c1-5-24(14-18-9-7-6-8-10-18)21(28)17(4)26-20(27)12-11-19(23-26)25-16(3)13-15(2)22-25/h6-13,17H,5,14H2,1-4H3. The number of carbonyl (C=O) groups is 1. The first-order valence-corrected chi connectivity index (χ1v) is 9.37. The summed E-state index contributed by atoms with van der Waals surface area (Å²) in [6, 6.07) is 14.1. The van der Waals surface area contributed by atoms with Gasteiger partial charge in [-0.25, -0.2) is 9.36 Å². The maximum absolute atomic E-state index is 13.1. The number of hydrogen-bond acceptors (Lipinski definition) is 4. The van der Waals surface area contributed by atoms with Gasteiger partial charge in [0.15, 0.2) is 5.82 Å². The molecule has 7 nitrogen and oxygen atoms in total. The first-order chi connectivity index (χ1) is 13.4. The molecule has 3 rings (SSSR count). The van der Waals surface area contributed by atoms with Crippen LogP contribution in [-0.2, 0) is 11.3 Å². The molecule has 0 aliphatic carbocycles. The number of nitrogens with zero attached hydrogens (tertiary/aromatic N) is 5. The second-order valence-electron chi connectivity index (χ2n) is 6.83. The van der Waals surface area contributed by atoms with E-state index in [1.165, 1.54) is 10.7 Å². The minimum Gasteiger partial charge on any atom is -0.337 e. The first-order valence-electron chi connectivity index (χ1n) is 9.37. The Balaban J connectivity index is 1.89. The normalized spacial score (nSPS) is 12.0. The summed E-state index contributed by atoms with van der Waals surface area (Å²) in [5, 5.41) is 8.82. The maximum Gasteiger partial charge on any atom is 0.267 e. The van der Waals surface area contributed by atoms with Crippen LogP contribution in [0.5, 0.6) is 0 Å². The summed E-state index contributed by atoms with van der Waals surface area (Å²) in [4.78, 5) is 27.2. The molecule has 2 heterocycles. The summed E-state index contributed by atoms with van der Waals surface area (Å²) in [7, 11) is 0. The number of aryl methyl sites for hydroxylation is 2. The Morgan fingerprint density at radius 1 is 1.11 bits per heavy atom. The topological polar surface area (TPSA) is 73.0 Å². The van der Waals surface area contributed by atoms with E-state index in [1.807, 2.05) is 57.2 Å². The van der Waals surface area contributed by atoms with E-state index in [-0.39, 0.29) is 11.5 Å². The second kappa shape index (κ2) is 8.21. The second-order valence-corrected chi connectivity index (χ2v) is 6.83. The van der Waals surface area contributed by atoms with Crippen LogP contribution in [0.25, 0.3) is 5.82 Å². The molecule has 28 heavy (non-hydrogen) atoms. The average molecular weight is 379 g/mol. The molecule has 0 fully saturated rings. The highest BCUT2D eigenvalue weighted by Gasteiger charge is 2.23. The average Bonchev–Trinajstić information content (AvgIpc) is 3.04. The van der Waals surface area contributed by atoms with Crippen LogP contribution in [0.4, 0.5) is 0 Å². The Bertz CT molecular complexity index is 1020. The van der Waals surface area contributed by atoms with Crippen LogP contribution in [-0.4, -0.2) is 36.9 Å². The zero-order valence-corrected chi connectivity index (χ0v) is 16.7. The van der Waals surface area contributed by atoms with E-state index in [9.17, 15) is 9.59 Å². The van der Waals surface area contributed by atoms with Crippen molar-refractivity contribution in [2.75, 3.05) is 6.54 Å². The van der Waals surface area contributed by atoms with Crippen LogP contribution in [0.1, 0.15) is 36.8 Å². The maximum atomic E-state index is 13.1. The lowest BCUT2D eigenvalue weighted by Gasteiger charge is -2.25. The monoisotopic (exact) mass is 379 g/mol. The third kappa shape index (κ3) is 4.03. The quantitative estimate of drug-likeness (QED) is 0.660. The zero-order valence-electron chi connectivity index (χ0n) is 16.7. The molecule has 0 N–H and O–H groups in total. The Kier molecular flexibility index (Phi) is 5.73. The largest absolute Gasteiger partial charge is 0.337 e. The van der Waals surface area contributed by atoms with E-state index in [1.54, 1.807) is 22.6 Å². The third-order valence-corrected chi connectivity index (χ3v) is 4.67. The highest BCUT2D eigenvalue weighted by atomic mass is 16.2. The minimum absolute atomic E-state index is 0.147. The zero-order chi connectivity index (χ0) is 20.3. The van der Waals surface area contributed by atoms with Gasteiger partial charge in [-0.05, 0) is 45.4 Å². The summed E-state index contributed by atoms with van der Waals surface area (Å²) in [6.45, 7) is 8.49. The fraction of sp³-hybridized carbons (Fsp3) is 0.333. The summed E-state index contributed by atoms with van der Waals surface area (Å²) in [5.41, 5.74) is 2.50. The molecule has 1 amide bonds. The van der Waals surface area contributed by atoms with Crippen LogP contribution in [0.2, 0.25) is 0 Å². The molecule has 146 valence electrons.